The lowest BCUT2D eigenvalue weighted by molar-refractivity contribution is 0.982. The number of rotatable bonds is 0. The first-order chi connectivity index (χ1) is 5.80. The summed E-state index contributed by atoms with van der Waals surface area (Å²) in [6, 6.07) is 0. The molecule has 64 valence electrons. The van der Waals surface area contributed by atoms with Crippen molar-refractivity contribution in [2.24, 2.45) is 0 Å². The number of hydrogen-bond acceptors (Lipinski definition) is 1. The van der Waals surface area contributed by atoms with Gasteiger partial charge in [-0.25, -0.2) is 0 Å². The first-order valence-electron chi connectivity index (χ1n) is 4.21. The summed E-state index contributed by atoms with van der Waals surface area (Å²) in [5.41, 5.74) is 2.61. The maximum absolute atomic E-state index is 3.17. The molecule has 0 aromatic heterocycles. The van der Waals surface area contributed by atoms with Crippen LogP contribution in [-0.4, -0.2) is 6.54 Å². The lowest BCUT2D eigenvalue weighted by Gasteiger charge is -1.99. The SMILES string of the molecule is CC1=C(C)/C=C\NC/C=C/C=C1. The van der Waals surface area contributed by atoms with Crippen LogP contribution in [0.25, 0.3) is 0 Å². The molecule has 0 amide bonds. The van der Waals surface area contributed by atoms with E-state index in [0.29, 0.717) is 0 Å². The molecular formula is C11H15N. The smallest absolute Gasteiger partial charge is 0.0328 e. The van der Waals surface area contributed by atoms with Crippen LogP contribution in [0.2, 0.25) is 0 Å². The van der Waals surface area contributed by atoms with E-state index in [2.05, 4.69) is 49.5 Å². The predicted octanol–water partition coefficient (Wildman–Crippen LogP) is 2.55. The van der Waals surface area contributed by atoms with Gasteiger partial charge in [-0.2, -0.15) is 0 Å². The second-order valence-electron chi connectivity index (χ2n) is 2.89. The molecular weight excluding hydrogens is 146 g/mol. The highest BCUT2D eigenvalue weighted by Gasteiger charge is 1.87. The van der Waals surface area contributed by atoms with Crippen LogP contribution in [0.1, 0.15) is 13.8 Å². The molecule has 0 aliphatic carbocycles. The average Bonchev–Trinajstić information content (AvgIpc) is 2.08. The van der Waals surface area contributed by atoms with Gasteiger partial charge in [0, 0.05) is 6.54 Å². The molecule has 0 radical (unpaired) electrons. The van der Waals surface area contributed by atoms with Crippen LogP contribution in [0.15, 0.2) is 47.7 Å². The minimum atomic E-state index is 0.896. The van der Waals surface area contributed by atoms with Gasteiger partial charge in [0.2, 0.25) is 0 Å². The van der Waals surface area contributed by atoms with Crippen molar-refractivity contribution < 1.29 is 0 Å². The van der Waals surface area contributed by atoms with Gasteiger partial charge in [-0.3, -0.25) is 0 Å². The average molecular weight is 161 g/mol. The van der Waals surface area contributed by atoms with Crippen molar-refractivity contribution >= 4 is 0 Å². The van der Waals surface area contributed by atoms with Crippen molar-refractivity contribution in [3.8, 4) is 0 Å². The van der Waals surface area contributed by atoms with E-state index in [4.69, 9.17) is 0 Å². The first-order valence-corrected chi connectivity index (χ1v) is 4.21. The Labute approximate surface area is 74.2 Å². The van der Waals surface area contributed by atoms with E-state index >= 15 is 0 Å². The molecule has 0 bridgehead atoms. The third-order valence-electron chi connectivity index (χ3n) is 1.90. The van der Waals surface area contributed by atoms with E-state index in [0.717, 1.165) is 6.54 Å². The monoisotopic (exact) mass is 161 g/mol. The molecule has 1 aliphatic heterocycles. The molecule has 0 saturated carbocycles. The zero-order chi connectivity index (χ0) is 8.81. The van der Waals surface area contributed by atoms with Crippen LogP contribution in [0, 0.1) is 0 Å². The normalized spacial score (nSPS) is 23.2. The molecule has 0 unspecified atom stereocenters. The summed E-state index contributed by atoms with van der Waals surface area (Å²) in [7, 11) is 0. The van der Waals surface area contributed by atoms with Crippen LogP contribution < -0.4 is 5.32 Å². The lowest BCUT2D eigenvalue weighted by atomic mass is 10.1. The highest BCUT2D eigenvalue weighted by molar-refractivity contribution is 5.31. The standard InChI is InChI=1S/C11H15N/c1-10-6-4-3-5-8-12-9-7-11(10)2/h3-7,9,12H,8H2,1-2H3/b5-3+,6-4?,9-7-,11-10?. The van der Waals surface area contributed by atoms with Crippen molar-refractivity contribution in [3.63, 3.8) is 0 Å². The number of hydrogen-bond donors (Lipinski definition) is 1. The largest absolute Gasteiger partial charge is 0.387 e. The van der Waals surface area contributed by atoms with Gasteiger partial charge in [0.05, 0.1) is 0 Å². The van der Waals surface area contributed by atoms with Gasteiger partial charge in [0.1, 0.15) is 0 Å². The van der Waals surface area contributed by atoms with Crippen LogP contribution in [0.3, 0.4) is 0 Å². The first kappa shape index (κ1) is 8.85. The zero-order valence-corrected chi connectivity index (χ0v) is 7.67. The second kappa shape index (κ2) is 4.60. The fourth-order valence-electron chi connectivity index (χ4n) is 0.929. The fraction of sp³-hybridized carbons (Fsp3) is 0.273. The molecule has 1 aliphatic rings. The van der Waals surface area contributed by atoms with E-state index in [9.17, 15) is 0 Å². The molecule has 12 heavy (non-hydrogen) atoms. The van der Waals surface area contributed by atoms with Crippen LogP contribution in [-0.2, 0) is 0 Å². The highest BCUT2D eigenvalue weighted by atomic mass is 14.8. The minimum Gasteiger partial charge on any atom is -0.387 e. The summed E-state index contributed by atoms with van der Waals surface area (Å²) in [4.78, 5) is 0. The van der Waals surface area contributed by atoms with E-state index in [1.807, 2.05) is 6.20 Å². The Morgan fingerprint density at radius 1 is 1.08 bits per heavy atom. The minimum absolute atomic E-state index is 0.896. The van der Waals surface area contributed by atoms with Crippen molar-refractivity contribution in [1.82, 2.24) is 5.32 Å². The summed E-state index contributed by atoms with van der Waals surface area (Å²) in [6.45, 7) is 5.13. The Hall–Kier alpha value is -1.24. The Bertz CT molecular complexity index is 254. The summed E-state index contributed by atoms with van der Waals surface area (Å²) in [5.74, 6) is 0. The molecule has 0 aromatic carbocycles. The van der Waals surface area contributed by atoms with Crippen molar-refractivity contribution in [2.45, 2.75) is 13.8 Å². The predicted molar refractivity (Wildman–Crippen MR) is 53.8 cm³/mol. The van der Waals surface area contributed by atoms with E-state index < -0.39 is 0 Å². The summed E-state index contributed by atoms with van der Waals surface area (Å²) in [6.07, 6.45) is 12.4. The van der Waals surface area contributed by atoms with Crippen LogP contribution in [0.5, 0.6) is 0 Å². The Morgan fingerprint density at radius 3 is 2.67 bits per heavy atom. The lowest BCUT2D eigenvalue weighted by Crippen LogP contribution is -2.03. The third kappa shape index (κ3) is 2.79. The van der Waals surface area contributed by atoms with Gasteiger partial charge in [-0.1, -0.05) is 24.3 Å². The molecule has 1 nitrogen and oxygen atoms in total. The fourth-order valence-corrected chi connectivity index (χ4v) is 0.929. The van der Waals surface area contributed by atoms with Crippen molar-refractivity contribution in [3.05, 3.63) is 47.7 Å². The molecule has 0 atom stereocenters. The van der Waals surface area contributed by atoms with Gasteiger partial charge in [-0.05, 0) is 37.3 Å². The maximum Gasteiger partial charge on any atom is 0.0328 e. The molecule has 1 N–H and O–H groups in total. The summed E-state index contributed by atoms with van der Waals surface area (Å²) in [5, 5.41) is 3.17. The zero-order valence-electron chi connectivity index (χ0n) is 7.67. The second-order valence-corrected chi connectivity index (χ2v) is 2.89. The highest BCUT2D eigenvalue weighted by Crippen LogP contribution is 2.06. The molecule has 1 heterocycles. The van der Waals surface area contributed by atoms with Gasteiger partial charge in [-0.15, -0.1) is 0 Å². The van der Waals surface area contributed by atoms with E-state index in [1.54, 1.807) is 0 Å². The van der Waals surface area contributed by atoms with Gasteiger partial charge in [0.15, 0.2) is 0 Å². The Balaban J connectivity index is 2.83. The van der Waals surface area contributed by atoms with Gasteiger partial charge < -0.3 is 5.32 Å². The maximum atomic E-state index is 3.17. The van der Waals surface area contributed by atoms with Crippen LogP contribution in [0.4, 0.5) is 0 Å². The Kier molecular flexibility index (Phi) is 3.39. The number of allylic oxidation sites excluding steroid dienone is 6. The molecule has 1 rings (SSSR count). The summed E-state index contributed by atoms with van der Waals surface area (Å²) >= 11 is 0. The summed E-state index contributed by atoms with van der Waals surface area (Å²) < 4.78 is 0. The topological polar surface area (TPSA) is 12.0 Å². The van der Waals surface area contributed by atoms with Crippen LogP contribution >= 0.6 is 0 Å². The van der Waals surface area contributed by atoms with Gasteiger partial charge >= 0.3 is 0 Å². The third-order valence-corrected chi connectivity index (χ3v) is 1.90. The van der Waals surface area contributed by atoms with Crippen molar-refractivity contribution in [2.75, 3.05) is 6.54 Å². The molecule has 0 spiro atoms. The van der Waals surface area contributed by atoms with Crippen molar-refractivity contribution in [1.29, 1.82) is 0 Å². The molecule has 0 aromatic rings. The quantitative estimate of drug-likeness (QED) is 0.575. The van der Waals surface area contributed by atoms with E-state index in [-0.39, 0.29) is 0 Å². The Morgan fingerprint density at radius 2 is 1.83 bits per heavy atom. The van der Waals surface area contributed by atoms with Gasteiger partial charge in [0.25, 0.3) is 0 Å². The number of nitrogens with one attached hydrogen (secondary N) is 1. The molecule has 1 heteroatoms. The molecule has 0 saturated heterocycles. The van der Waals surface area contributed by atoms with E-state index in [1.165, 1.54) is 11.1 Å². The molecule has 0 fully saturated rings.